The number of ether oxygens (including phenoxy) is 1. The van der Waals surface area contributed by atoms with Gasteiger partial charge < -0.3 is 10.1 Å². The van der Waals surface area contributed by atoms with Gasteiger partial charge >= 0.3 is 0 Å². The van der Waals surface area contributed by atoms with E-state index in [1.807, 2.05) is 24.3 Å². The van der Waals surface area contributed by atoms with Crippen molar-refractivity contribution in [3.05, 3.63) is 60.3 Å². The molecule has 0 aliphatic heterocycles. The molecular weight excluding hydrogens is 236 g/mol. The number of aromatic nitrogens is 1. The van der Waals surface area contributed by atoms with E-state index in [2.05, 4.69) is 34.6 Å². The maximum absolute atomic E-state index is 5.52. The lowest BCUT2D eigenvalue weighted by Crippen LogP contribution is -2.20. The van der Waals surface area contributed by atoms with E-state index in [1.54, 1.807) is 6.20 Å². The third kappa shape index (κ3) is 5.53. The van der Waals surface area contributed by atoms with Crippen molar-refractivity contribution in [1.29, 1.82) is 0 Å². The molecule has 2 aromatic rings. The Morgan fingerprint density at radius 1 is 0.947 bits per heavy atom. The normalized spacial score (nSPS) is 10.3. The van der Waals surface area contributed by atoms with Crippen LogP contribution in [0.5, 0.6) is 5.88 Å². The van der Waals surface area contributed by atoms with E-state index in [0.29, 0.717) is 12.5 Å². The molecule has 1 aromatic heterocycles. The summed E-state index contributed by atoms with van der Waals surface area (Å²) in [6.07, 6.45) is 3.81. The van der Waals surface area contributed by atoms with E-state index in [4.69, 9.17) is 4.74 Å². The molecule has 3 nitrogen and oxygen atoms in total. The third-order valence-corrected chi connectivity index (χ3v) is 2.82. The maximum Gasteiger partial charge on any atom is 0.213 e. The molecule has 1 aromatic carbocycles. The highest BCUT2D eigenvalue weighted by atomic mass is 16.5. The molecule has 0 saturated heterocycles. The van der Waals surface area contributed by atoms with E-state index in [0.717, 1.165) is 25.9 Å². The standard InChI is InChI=1S/C16H20N2O/c1-2-7-15(8-3-1)10-13-17-11-6-14-19-16-9-4-5-12-18-16/h1-5,7-9,12,17H,6,10-11,13-14H2. The van der Waals surface area contributed by atoms with Gasteiger partial charge in [-0.2, -0.15) is 0 Å². The first kappa shape index (κ1) is 13.6. The molecule has 0 amide bonds. The zero-order valence-electron chi connectivity index (χ0n) is 11.1. The van der Waals surface area contributed by atoms with Crippen molar-refractivity contribution in [2.24, 2.45) is 0 Å². The molecular formula is C16H20N2O. The van der Waals surface area contributed by atoms with Gasteiger partial charge in [0.25, 0.3) is 0 Å². The summed E-state index contributed by atoms with van der Waals surface area (Å²) in [6, 6.07) is 16.2. The Kier molecular flexibility index (Phi) is 5.90. The SMILES string of the molecule is c1ccc(CCNCCCOc2ccccn2)cc1. The zero-order valence-corrected chi connectivity index (χ0v) is 11.1. The molecule has 2 rings (SSSR count). The van der Waals surface area contributed by atoms with Gasteiger partial charge in [-0.05, 0) is 37.6 Å². The average Bonchev–Trinajstić information content (AvgIpc) is 2.48. The minimum Gasteiger partial charge on any atom is -0.478 e. The van der Waals surface area contributed by atoms with Gasteiger partial charge in [0.05, 0.1) is 6.61 Å². The Morgan fingerprint density at radius 2 is 1.79 bits per heavy atom. The summed E-state index contributed by atoms with van der Waals surface area (Å²) in [6.45, 7) is 2.68. The minimum atomic E-state index is 0.701. The minimum absolute atomic E-state index is 0.701. The molecule has 0 bridgehead atoms. The first-order valence-corrected chi connectivity index (χ1v) is 6.73. The van der Waals surface area contributed by atoms with Crippen LogP contribution in [0.4, 0.5) is 0 Å². The smallest absolute Gasteiger partial charge is 0.213 e. The summed E-state index contributed by atoms with van der Waals surface area (Å²) in [5.41, 5.74) is 1.37. The van der Waals surface area contributed by atoms with Gasteiger partial charge in [-0.3, -0.25) is 0 Å². The van der Waals surface area contributed by atoms with Crippen molar-refractivity contribution < 1.29 is 4.74 Å². The summed E-state index contributed by atoms with van der Waals surface area (Å²) in [5.74, 6) is 0.701. The maximum atomic E-state index is 5.52. The summed E-state index contributed by atoms with van der Waals surface area (Å²) < 4.78 is 5.52. The molecule has 1 heterocycles. The summed E-state index contributed by atoms with van der Waals surface area (Å²) in [4.78, 5) is 4.11. The average molecular weight is 256 g/mol. The number of benzene rings is 1. The van der Waals surface area contributed by atoms with Crippen LogP contribution >= 0.6 is 0 Å². The quantitative estimate of drug-likeness (QED) is 0.737. The monoisotopic (exact) mass is 256 g/mol. The highest BCUT2D eigenvalue weighted by Crippen LogP contribution is 2.03. The molecule has 0 radical (unpaired) electrons. The van der Waals surface area contributed by atoms with Gasteiger partial charge in [-0.25, -0.2) is 4.98 Å². The van der Waals surface area contributed by atoms with E-state index >= 15 is 0 Å². The Morgan fingerprint density at radius 3 is 2.58 bits per heavy atom. The number of nitrogens with one attached hydrogen (secondary N) is 1. The lowest BCUT2D eigenvalue weighted by molar-refractivity contribution is 0.297. The topological polar surface area (TPSA) is 34.1 Å². The van der Waals surface area contributed by atoms with Gasteiger partial charge in [0.2, 0.25) is 5.88 Å². The van der Waals surface area contributed by atoms with Crippen LogP contribution < -0.4 is 10.1 Å². The van der Waals surface area contributed by atoms with Crippen molar-refractivity contribution in [2.45, 2.75) is 12.8 Å². The fraction of sp³-hybridized carbons (Fsp3) is 0.312. The largest absolute Gasteiger partial charge is 0.478 e. The number of nitrogens with zero attached hydrogens (tertiary/aromatic N) is 1. The van der Waals surface area contributed by atoms with Crippen molar-refractivity contribution in [3.8, 4) is 5.88 Å². The van der Waals surface area contributed by atoms with Crippen LogP contribution in [0.15, 0.2) is 54.7 Å². The van der Waals surface area contributed by atoms with Gasteiger partial charge in [0.15, 0.2) is 0 Å². The fourth-order valence-corrected chi connectivity index (χ4v) is 1.81. The zero-order chi connectivity index (χ0) is 13.2. The van der Waals surface area contributed by atoms with E-state index in [1.165, 1.54) is 5.56 Å². The predicted molar refractivity (Wildman–Crippen MR) is 77.4 cm³/mol. The number of hydrogen-bond acceptors (Lipinski definition) is 3. The Hall–Kier alpha value is -1.87. The van der Waals surface area contributed by atoms with Crippen molar-refractivity contribution >= 4 is 0 Å². The molecule has 0 unspecified atom stereocenters. The third-order valence-electron chi connectivity index (χ3n) is 2.82. The van der Waals surface area contributed by atoms with Crippen molar-refractivity contribution in [1.82, 2.24) is 10.3 Å². The predicted octanol–water partition coefficient (Wildman–Crippen LogP) is 2.68. The molecule has 0 saturated carbocycles. The summed E-state index contributed by atoms with van der Waals surface area (Å²) in [5, 5.41) is 3.42. The van der Waals surface area contributed by atoms with Crippen LogP contribution in [0.3, 0.4) is 0 Å². The van der Waals surface area contributed by atoms with Crippen molar-refractivity contribution in [2.75, 3.05) is 19.7 Å². The van der Waals surface area contributed by atoms with Crippen LogP contribution in [0.1, 0.15) is 12.0 Å². The van der Waals surface area contributed by atoms with Gasteiger partial charge in [-0.1, -0.05) is 36.4 Å². The van der Waals surface area contributed by atoms with Gasteiger partial charge in [-0.15, -0.1) is 0 Å². The number of pyridine rings is 1. The van der Waals surface area contributed by atoms with Gasteiger partial charge in [0, 0.05) is 12.3 Å². The summed E-state index contributed by atoms with van der Waals surface area (Å²) >= 11 is 0. The first-order chi connectivity index (χ1) is 9.45. The van der Waals surface area contributed by atoms with Crippen LogP contribution in [-0.4, -0.2) is 24.7 Å². The molecule has 1 N–H and O–H groups in total. The highest BCUT2D eigenvalue weighted by Gasteiger charge is 1.94. The number of hydrogen-bond donors (Lipinski definition) is 1. The van der Waals surface area contributed by atoms with Crippen LogP contribution in [0, 0.1) is 0 Å². The molecule has 0 aliphatic rings. The van der Waals surface area contributed by atoms with Crippen LogP contribution in [-0.2, 0) is 6.42 Å². The second-order valence-electron chi connectivity index (χ2n) is 4.36. The second-order valence-corrected chi connectivity index (χ2v) is 4.36. The second kappa shape index (κ2) is 8.27. The molecule has 0 aliphatic carbocycles. The van der Waals surface area contributed by atoms with Crippen molar-refractivity contribution in [3.63, 3.8) is 0 Å². The lowest BCUT2D eigenvalue weighted by atomic mass is 10.1. The molecule has 0 fully saturated rings. The fourth-order valence-electron chi connectivity index (χ4n) is 1.81. The Labute approximate surface area is 114 Å². The molecule has 19 heavy (non-hydrogen) atoms. The molecule has 100 valence electrons. The number of rotatable bonds is 8. The van der Waals surface area contributed by atoms with Gasteiger partial charge in [0.1, 0.15) is 0 Å². The molecule has 0 spiro atoms. The van der Waals surface area contributed by atoms with Crippen LogP contribution in [0.25, 0.3) is 0 Å². The van der Waals surface area contributed by atoms with Crippen LogP contribution in [0.2, 0.25) is 0 Å². The Bertz CT molecular complexity index is 401. The summed E-state index contributed by atoms with van der Waals surface area (Å²) in [7, 11) is 0. The van der Waals surface area contributed by atoms with E-state index in [9.17, 15) is 0 Å². The van der Waals surface area contributed by atoms with E-state index in [-0.39, 0.29) is 0 Å². The highest BCUT2D eigenvalue weighted by molar-refractivity contribution is 5.14. The Balaban J connectivity index is 1.49. The molecule has 0 atom stereocenters. The molecule has 3 heteroatoms. The van der Waals surface area contributed by atoms with E-state index < -0.39 is 0 Å². The first-order valence-electron chi connectivity index (χ1n) is 6.73. The lowest BCUT2D eigenvalue weighted by Gasteiger charge is -2.06.